The number of halogens is 2. The van der Waals surface area contributed by atoms with Crippen LogP contribution >= 0.6 is 34.5 Å². The number of carbonyl (C=O) groups excluding carboxylic acids is 1. The highest BCUT2D eigenvalue weighted by molar-refractivity contribution is 7.16. The third kappa shape index (κ3) is 4.69. The second-order valence-electron chi connectivity index (χ2n) is 7.76. The normalized spacial score (nSPS) is 15.1. The lowest BCUT2D eigenvalue weighted by Gasteiger charge is -2.23. The molecular formula is C20H22Cl2N2O3S. The molecule has 2 heterocycles. The molecule has 150 valence electrons. The molecule has 0 unspecified atom stereocenters. The van der Waals surface area contributed by atoms with Crippen LogP contribution in [0.25, 0.3) is 0 Å². The molecule has 1 aromatic heterocycles. The van der Waals surface area contributed by atoms with Gasteiger partial charge in [-0.25, -0.2) is 9.79 Å². The first-order valence-electron chi connectivity index (χ1n) is 8.83. The molecule has 2 aromatic rings. The zero-order valence-electron chi connectivity index (χ0n) is 16.2. The quantitative estimate of drug-likeness (QED) is 0.508. The molecule has 1 N–H and O–H groups in total. The van der Waals surface area contributed by atoms with Crippen LogP contribution in [-0.4, -0.2) is 41.4 Å². The maximum atomic E-state index is 12.9. The molecule has 8 heteroatoms. The topological polar surface area (TPSA) is 62.1 Å². The second-order valence-corrected chi connectivity index (χ2v) is 9.68. The van der Waals surface area contributed by atoms with Crippen molar-refractivity contribution in [3.63, 3.8) is 0 Å². The Labute approximate surface area is 178 Å². The molecule has 0 saturated heterocycles. The van der Waals surface area contributed by atoms with E-state index in [0.29, 0.717) is 21.2 Å². The number of hydrogen-bond acceptors (Lipinski definition) is 6. The van der Waals surface area contributed by atoms with Crippen LogP contribution in [0, 0.1) is 0 Å². The first-order valence-corrected chi connectivity index (χ1v) is 10.4. The van der Waals surface area contributed by atoms with Gasteiger partial charge in [0.25, 0.3) is 0 Å². The molecule has 28 heavy (non-hydrogen) atoms. The molecule has 1 aromatic carbocycles. The van der Waals surface area contributed by atoms with Crippen molar-refractivity contribution in [1.29, 1.82) is 0 Å². The molecule has 0 bridgehead atoms. The average Bonchev–Trinajstić information content (AvgIpc) is 2.92. The van der Waals surface area contributed by atoms with E-state index in [1.54, 1.807) is 6.07 Å². The lowest BCUT2D eigenvalue weighted by molar-refractivity contribution is 0.00694. The Bertz CT molecular complexity index is 948. The summed E-state index contributed by atoms with van der Waals surface area (Å²) in [6, 6.07) is 3.03. The summed E-state index contributed by atoms with van der Waals surface area (Å²) in [6.07, 6.45) is 2.24. The van der Waals surface area contributed by atoms with Crippen LogP contribution in [0.5, 0.6) is 5.75 Å². The van der Waals surface area contributed by atoms with E-state index in [4.69, 9.17) is 27.9 Å². The van der Waals surface area contributed by atoms with Gasteiger partial charge in [0.15, 0.2) is 0 Å². The minimum Gasteiger partial charge on any atom is -0.506 e. The number of benzene rings is 1. The smallest absolute Gasteiger partial charge is 0.342 e. The van der Waals surface area contributed by atoms with E-state index in [0.717, 1.165) is 30.0 Å². The SMILES string of the molecule is CN1CCc2c(sc(/N=C/c3cc(Cl)cc(Cl)c3O)c2C(=O)OC(C)(C)C)C1. The van der Waals surface area contributed by atoms with Gasteiger partial charge < -0.3 is 14.7 Å². The van der Waals surface area contributed by atoms with Crippen LogP contribution in [-0.2, 0) is 17.7 Å². The van der Waals surface area contributed by atoms with Crippen molar-refractivity contribution >= 4 is 51.7 Å². The van der Waals surface area contributed by atoms with Crippen LogP contribution in [0.15, 0.2) is 17.1 Å². The number of hydrogen-bond donors (Lipinski definition) is 1. The molecule has 0 atom stereocenters. The lowest BCUT2D eigenvalue weighted by atomic mass is 10.0. The minimum absolute atomic E-state index is 0.102. The van der Waals surface area contributed by atoms with E-state index in [2.05, 4.69) is 9.89 Å². The molecule has 1 aliphatic heterocycles. The summed E-state index contributed by atoms with van der Waals surface area (Å²) in [5, 5.41) is 11.3. The number of ether oxygens (including phenoxy) is 1. The Morgan fingerprint density at radius 3 is 2.75 bits per heavy atom. The third-order valence-corrected chi connectivity index (χ3v) is 5.84. The van der Waals surface area contributed by atoms with Gasteiger partial charge in [0.1, 0.15) is 16.4 Å². The predicted molar refractivity (Wildman–Crippen MR) is 115 cm³/mol. The van der Waals surface area contributed by atoms with E-state index in [9.17, 15) is 9.90 Å². The number of likely N-dealkylation sites (N-methyl/N-ethyl adjacent to an activating group) is 1. The highest BCUT2D eigenvalue weighted by Crippen LogP contribution is 2.40. The lowest BCUT2D eigenvalue weighted by Crippen LogP contribution is -2.28. The zero-order chi connectivity index (χ0) is 20.6. The molecule has 0 radical (unpaired) electrons. The van der Waals surface area contributed by atoms with Crippen molar-refractivity contribution in [3.8, 4) is 5.75 Å². The van der Waals surface area contributed by atoms with Gasteiger partial charge in [0.2, 0.25) is 0 Å². The number of fused-ring (bicyclic) bond motifs is 1. The van der Waals surface area contributed by atoms with Gasteiger partial charge in [-0.2, -0.15) is 0 Å². The Kier molecular flexibility index (Phi) is 6.05. The number of thiophene rings is 1. The number of rotatable bonds is 3. The number of phenolic OH excluding ortho intramolecular Hbond substituents is 1. The fourth-order valence-corrected chi connectivity index (χ4v) is 4.73. The summed E-state index contributed by atoms with van der Waals surface area (Å²) in [6.45, 7) is 7.15. The number of esters is 1. The van der Waals surface area contributed by atoms with E-state index >= 15 is 0 Å². The number of phenols is 1. The number of carbonyl (C=O) groups is 1. The number of aliphatic imine (C=N–C) groups is 1. The predicted octanol–water partition coefficient (Wildman–Crippen LogP) is 5.45. The monoisotopic (exact) mass is 440 g/mol. The summed E-state index contributed by atoms with van der Waals surface area (Å²) >= 11 is 13.5. The second kappa shape index (κ2) is 8.03. The van der Waals surface area contributed by atoms with Crippen molar-refractivity contribution in [2.45, 2.75) is 39.3 Å². The zero-order valence-corrected chi connectivity index (χ0v) is 18.5. The first kappa shape index (κ1) is 21.1. The Morgan fingerprint density at radius 2 is 2.07 bits per heavy atom. The van der Waals surface area contributed by atoms with Gasteiger partial charge in [0, 0.05) is 34.8 Å². The molecule has 0 saturated carbocycles. The fourth-order valence-electron chi connectivity index (χ4n) is 2.96. The summed E-state index contributed by atoms with van der Waals surface area (Å²) in [4.78, 5) is 20.7. The molecule has 5 nitrogen and oxygen atoms in total. The van der Waals surface area contributed by atoms with Gasteiger partial charge in [0.05, 0.1) is 10.6 Å². The maximum Gasteiger partial charge on any atom is 0.342 e. The molecular weight excluding hydrogens is 419 g/mol. The van der Waals surface area contributed by atoms with E-state index in [-0.39, 0.29) is 16.7 Å². The van der Waals surface area contributed by atoms with E-state index in [1.165, 1.54) is 23.6 Å². The fraction of sp³-hybridized carbons (Fsp3) is 0.400. The average molecular weight is 441 g/mol. The molecule has 1 aliphatic rings. The Morgan fingerprint density at radius 1 is 1.36 bits per heavy atom. The molecule has 0 amide bonds. The van der Waals surface area contributed by atoms with Crippen molar-refractivity contribution < 1.29 is 14.6 Å². The van der Waals surface area contributed by atoms with Crippen LogP contribution < -0.4 is 0 Å². The van der Waals surface area contributed by atoms with Crippen molar-refractivity contribution in [1.82, 2.24) is 4.90 Å². The minimum atomic E-state index is -0.600. The van der Waals surface area contributed by atoms with Gasteiger partial charge in [-0.1, -0.05) is 23.2 Å². The summed E-state index contributed by atoms with van der Waals surface area (Å²) in [5.74, 6) is -0.482. The third-order valence-electron chi connectivity index (χ3n) is 4.21. The molecule has 0 fully saturated rings. The number of aromatic hydroxyl groups is 1. The maximum absolute atomic E-state index is 12.9. The summed E-state index contributed by atoms with van der Waals surface area (Å²) in [7, 11) is 2.05. The van der Waals surface area contributed by atoms with Crippen LogP contribution in [0.4, 0.5) is 5.00 Å². The van der Waals surface area contributed by atoms with Gasteiger partial charge in [-0.05, 0) is 51.9 Å². The molecule has 0 aliphatic carbocycles. The van der Waals surface area contributed by atoms with Crippen LogP contribution in [0.1, 0.15) is 47.1 Å². The van der Waals surface area contributed by atoms with Crippen molar-refractivity contribution in [2.75, 3.05) is 13.6 Å². The number of nitrogens with zero attached hydrogens (tertiary/aromatic N) is 2. The highest BCUT2D eigenvalue weighted by atomic mass is 35.5. The van der Waals surface area contributed by atoms with E-state index < -0.39 is 5.60 Å². The summed E-state index contributed by atoms with van der Waals surface area (Å²) in [5.41, 5.74) is 1.29. The van der Waals surface area contributed by atoms with Crippen LogP contribution in [0.2, 0.25) is 10.0 Å². The Hall–Kier alpha value is -1.60. The van der Waals surface area contributed by atoms with Gasteiger partial charge >= 0.3 is 5.97 Å². The largest absolute Gasteiger partial charge is 0.506 e. The van der Waals surface area contributed by atoms with E-state index in [1.807, 2.05) is 27.8 Å². The summed E-state index contributed by atoms with van der Waals surface area (Å²) < 4.78 is 5.62. The molecule has 0 spiro atoms. The highest BCUT2D eigenvalue weighted by Gasteiger charge is 2.30. The Balaban J connectivity index is 2.04. The first-order chi connectivity index (χ1) is 13.0. The van der Waals surface area contributed by atoms with Crippen molar-refractivity contribution in [2.24, 2.45) is 4.99 Å². The van der Waals surface area contributed by atoms with Gasteiger partial charge in [-0.3, -0.25) is 0 Å². The van der Waals surface area contributed by atoms with Crippen molar-refractivity contribution in [3.05, 3.63) is 43.7 Å². The van der Waals surface area contributed by atoms with Crippen LogP contribution in [0.3, 0.4) is 0 Å². The molecule has 3 rings (SSSR count). The van der Waals surface area contributed by atoms with Gasteiger partial charge in [-0.15, -0.1) is 11.3 Å². The standard InChI is InChI=1S/C20H22Cl2N2O3S/c1-20(2,3)27-19(26)16-13-5-6-24(4)10-15(13)28-18(16)23-9-11-7-12(21)8-14(22)17(11)25/h7-9,25H,5-6,10H2,1-4H3/b23-9+.